The molecule has 0 aliphatic carbocycles. The van der Waals surface area contributed by atoms with E-state index in [0.717, 1.165) is 0 Å². The van der Waals surface area contributed by atoms with Crippen LogP contribution < -0.4 is 0 Å². The summed E-state index contributed by atoms with van der Waals surface area (Å²) < 4.78 is 22.5. The van der Waals surface area contributed by atoms with Crippen LogP contribution in [0.1, 0.15) is 0 Å². The Hall–Kier alpha value is -0.768. The van der Waals surface area contributed by atoms with Gasteiger partial charge in [0.2, 0.25) is 0 Å². The topological polar surface area (TPSA) is 59.7 Å². The van der Waals surface area contributed by atoms with Gasteiger partial charge in [-0.1, -0.05) is 0 Å². The van der Waals surface area contributed by atoms with Gasteiger partial charge in [0.25, 0.3) is 0 Å². The minimum Gasteiger partial charge on any atom is -0.999 e. The molecule has 0 heterocycles. The molecule has 12 heavy (non-hydrogen) atoms. The third-order valence-electron chi connectivity index (χ3n) is 0.351. The average molecular weight is 331 g/mol. The maximum Gasteiger partial charge on any atom is 0 e. The van der Waals surface area contributed by atoms with Gasteiger partial charge in [0.15, 0.2) is 0 Å². The maximum absolute atomic E-state index is 7.50. The van der Waals surface area contributed by atoms with E-state index in [2.05, 4.69) is 44.2 Å². The standard InChI is InChI=1S/C5H.3CO.Re/c1-2-4-5-3-1;3*1-2;/h1H;;;;/q-5;;;;. The molecule has 4 heteroatoms. The van der Waals surface area contributed by atoms with Gasteiger partial charge in [-0.25, -0.2) is 0 Å². The molecule has 1 aromatic carbocycles. The fourth-order valence-electron chi connectivity index (χ4n) is 0.180. The molecule has 63 valence electrons. The molecular formula is C8HO3Re-5. The molecule has 0 N–H and O–H groups in total. The summed E-state index contributed by atoms with van der Waals surface area (Å²) in [6, 6.07) is 12.0. The van der Waals surface area contributed by atoms with Crippen LogP contribution in [0, 0.1) is 44.2 Å². The molecule has 0 atom stereocenters. The van der Waals surface area contributed by atoms with Gasteiger partial charge in [0.1, 0.15) is 0 Å². The first-order valence-corrected chi connectivity index (χ1v) is 1.94. The van der Waals surface area contributed by atoms with E-state index in [4.69, 9.17) is 14.0 Å². The molecule has 0 amide bonds. The monoisotopic (exact) mass is 332 g/mol. The van der Waals surface area contributed by atoms with Crippen LogP contribution in [0.4, 0.5) is 0 Å². The van der Waals surface area contributed by atoms with Gasteiger partial charge in [-0.2, -0.15) is 0 Å². The van der Waals surface area contributed by atoms with Crippen LogP contribution >= 0.6 is 0 Å². The smallest absolute Gasteiger partial charge is 0 e. The Bertz CT molecular complexity index is 142. The van der Waals surface area contributed by atoms with Gasteiger partial charge >= 0.3 is 33.9 Å². The Morgan fingerprint density at radius 3 is 1.08 bits per heavy atom. The minimum absolute atomic E-state index is 0. The van der Waals surface area contributed by atoms with Crippen LogP contribution in [-0.2, 0) is 34.4 Å². The molecule has 0 fully saturated rings. The zero-order valence-corrected chi connectivity index (χ0v) is 8.40. The summed E-state index contributed by atoms with van der Waals surface area (Å²) >= 11 is 0. The van der Waals surface area contributed by atoms with Gasteiger partial charge in [-0.15, -0.1) is 0 Å². The van der Waals surface area contributed by atoms with Crippen molar-refractivity contribution in [3.8, 4) is 0 Å². The van der Waals surface area contributed by atoms with Crippen LogP contribution in [0.5, 0.6) is 0 Å². The van der Waals surface area contributed by atoms with Gasteiger partial charge < -0.3 is 30.3 Å². The molecule has 1 aromatic rings. The molecule has 0 aliphatic heterocycles. The van der Waals surface area contributed by atoms with E-state index in [1.807, 2.05) is 0 Å². The zero-order valence-electron chi connectivity index (χ0n) is 5.68. The molecule has 0 saturated heterocycles. The first-order chi connectivity index (χ1) is 5.50. The molecular weight excluding hydrogens is 330 g/mol. The summed E-state index contributed by atoms with van der Waals surface area (Å²) in [7, 11) is 0. The number of hydrogen-bond donors (Lipinski definition) is 0. The maximum atomic E-state index is 7.50. The van der Waals surface area contributed by atoms with Gasteiger partial charge in [0, 0.05) is 20.4 Å². The van der Waals surface area contributed by atoms with Crippen LogP contribution in [-0.4, -0.2) is 0 Å². The van der Waals surface area contributed by atoms with Crippen molar-refractivity contribution in [2.24, 2.45) is 0 Å². The zero-order chi connectivity index (χ0) is 9.54. The summed E-state index contributed by atoms with van der Waals surface area (Å²) in [5, 5.41) is 0. The summed E-state index contributed by atoms with van der Waals surface area (Å²) in [6.45, 7) is 13.5. The normalized spacial score (nSPS) is 3.83. The predicted molar refractivity (Wildman–Crippen MR) is 29.2 cm³/mol. The van der Waals surface area contributed by atoms with Crippen LogP contribution in [0.25, 0.3) is 0 Å². The van der Waals surface area contributed by atoms with E-state index in [1.54, 1.807) is 6.07 Å². The summed E-state index contributed by atoms with van der Waals surface area (Å²) in [6.07, 6.45) is 0. The van der Waals surface area contributed by atoms with Crippen LogP contribution in [0.3, 0.4) is 0 Å². The number of rotatable bonds is 0. The summed E-state index contributed by atoms with van der Waals surface area (Å²) in [5.41, 5.74) is 0. The van der Waals surface area contributed by atoms with Crippen LogP contribution in [0.15, 0.2) is 6.07 Å². The van der Waals surface area contributed by atoms with Gasteiger partial charge in [-0.05, 0) is 0 Å². The molecule has 0 saturated carbocycles. The Morgan fingerprint density at radius 2 is 1.00 bits per heavy atom. The molecule has 0 spiro atoms. The van der Waals surface area contributed by atoms with E-state index in [-0.39, 0.29) is 20.4 Å². The first-order valence-electron chi connectivity index (χ1n) is 1.94. The Kier molecular flexibility index (Phi) is 91.2. The van der Waals surface area contributed by atoms with Crippen molar-refractivity contribution in [2.45, 2.75) is 0 Å². The number of hydrogen-bond acceptors (Lipinski definition) is 0. The second-order valence-electron chi connectivity index (χ2n) is 0.683. The van der Waals surface area contributed by atoms with E-state index < -0.39 is 0 Å². The van der Waals surface area contributed by atoms with Crippen LogP contribution in [0.2, 0.25) is 0 Å². The Morgan fingerprint density at radius 1 is 0.750 bits per heavy atom. The third kappa shape index (κ3) is 34.9. The van der Waals surface area contributed by atoms with Gasteiger partial charge in [-0.3, -0.25) is 0 Å². The SMILES string of the molecule is [C-]#[O+].[C-]#[O+].[C-]#[O+].[Re].[c-]1[c-][c-][cH-][c-]1. The van der Waals surface area contributed by atoms with E-state index in [0.29, 0.717) is 0 Å². The molecule has 1 radical (unpaired) electrons. The van der Waals surface area contributed by atoms with E-state index >= 15 is 0 Å². The summed E-state index contributed by atoms with van der Waals surface area (Å²) in [4.78, 5) is 0. The largest absolute Gasteiger partial charge is 0.999 e. The third-order valence-corrected chi connectivity index (χ3v) is 0.351. The van der Waals surface area contributed by atoms with Crippen molar-refractivity contribution in [3.63, 3.8) is 0 Å². The summed E-state index contributed by atoms with van der Waals surface area (Å²) in [5.74, 6) is 0. The fraction of sp³-hybridized carbons (Fsp3) is 0. The molecule has 1 rings (SSSR count). The molecule has 0 unspecified atom stereocenters. The second kappa shape index (κ2) is 48.7. The van der Waals surface area contributed by atoms with Gasteiger partial charge in [0.05, 0.1) is 0 Å². The van der Waals surface area contributed by atoms with Crippen molar-refractivity contribution < 1.29 is 34.4 Å². The Labute approximate surface area is 85.0 Å². The minimum atomic E-state index is 0. The first kappa shape index (κ1) is 22.5. The van der Waals surface area contributed by atoms with Crippen molar-refractivity contribution in [1.29, 1.82) is 0 Å². The molecule has 3 nitrogen and oxygen atoms in total. The molecule has 0 bridgehead atoms. The van der Waals surface area contributed by atoms with E-state index in [1.165, 1.54) is 0 Å². The second-order valence-corrected chi connectivity index (χ2v) is 0.683. The average Bonchev–Trinajstić information content (AvgIpc) is 2.71. The van der Waals surface area contributed by atoms with Crippen molar-refractivity contribution in [2.75, 3.05) is 0 Å². The van der Waals surface area contributed by atoms with E-state index in [9.17, 15) is 0 Å². The molecule has 0 aromatic heterocycles. The van der Waals surface area contributed by atoms with Crippen molar-refractivity contribution in [1.82, 2.24) is 0 Å². The molecule has 0 aliphatic rings. The van der Waals surface area contributed by atoms with Crippen molar-refractivity contribution in [3.05, 3.63) is 50.3 Å². The fourth-order valence-corrected chi connectivity index (χ4v) is 0.180. The Balaban J connectivity index is -0.0000000406. The van der Waals surface area contributed by atoms with Crippen molar-refractivity contribution >= 4 is 0 Å². The quantitative estimate of drug-likeness (QED) is 0.491. The predicted octanol–water partition coefficient (Wildman–Crippen LogP) is 0.491.